The largest absolute Gasteiger partial charge is 0.501 e. The smallest absolute Gasteiger partial charge is 0.103 e. The van der Waals surface area contributed by atoms with Gasteiger partial charge >= 0.3 is 0 Å². The van der Waals surface area contributed by atoms with Crippen LogP contribution in [-0.4, -0.2) is 62.0 Å². The lowest BCUT2D eigenvalue weighted by Crippen LogP contribution is -2.48. The maximum absolute atomic E-state index is 11.3. The number of hydrogen-bond donors (Lipinski definition) is 2. The molecule has 5 heteroatoms. The molecule has 1 heterocycles. The van der Waals surface area contributed by atoms with Crippen molar-refractivity contribution in [1.82, 2.24) is 10.2 Å². The van der Waals surface area contributed by atoms with Crippen LogP contribution in [0.3, 0.4) is 0 Å². The van der Waals surface area contributed by atoms with E-state index in [1.165, 1.54) is 51.4 Å². The van der Waals surface area contributed by atoms with Gasteiger partial charge in [-0.1, -0.05) is 45.1 Å². The zero-order valence-electron chi connectivity index (χ0n) is 19.5. The normalized spacial score (nSPS) is 19.5. The van der Waals surface area contributed by atoms with E-state index in [1.54, 1.807) is 7.11 Å². The Bertz CT molecular complexity index is 565. The number of ether oxygens (including phenoxy) is 2. The van der Waals surface area contributed by atoms with Crippen LogP contribution in [0.4, 0.5) is 0 Å². The zero-order valence-corrected chi connectivity index (χ0v) is 19.5. The molecular formula is C25H44N2O3. The van der Waals surface area contributed by atoms with Crippen molar-refractivity contribution in [3.8, 4) is 0 Å². The standard InChI is InChI=1S/C25H44N2O3/c1-4-6-7-8-9-10-15-26-24(20-27-16-11-12-17-27)25(28)21-13-14-22(30-5-2)19-23(18-21)29-3/h13-14,18,24-26,28H,4-12,15-17,19-20H2,1-3H3/t24-,25-/m1/s1. The summed E-state index contributed by atoms with van der Waals surface area (Å²) in [6.07, 6.45) is 16.2. The molecule has 172 valence electrons. The van der Waals surface area contributed by atoms with Crippen LogP contribution in [0.25, 0.3) is 0 Å². The van der Waals surface area contributed by atoms with Crippen LogP contribution in [-0.2, 0) is 9.47 Å². The van der Waals surface area contributed by atoms with E-state index in [9.17, 15) is 5.11 Å². The van der Waals surface area contributed by atoms with Crippen LogP contribution in [0.1, 0.15) is 71.6 Å². The number of rotatable bonds is 15. The number of methoxy groups -OCH3 is 1. The first-order valence-corrected chi connectivity index (χ1v) is 12.1. The molecule has 0 radical (unpaired) electrons. The van der Waals surface area contributed by atoms with Crippen LogP contribution in [0.15, 0.2) is 35.3 Å². The molecule has 5 nitrogen and oxygen atoms in total. The molecule has 2 aliphatic rings. The highest BCUT2D eigenvalue weighted by Crippen LogP contribution is 2.23. The van der Waals surface area contributed by atoms with E-state index in [1.807, 2.05) is 25.2 Å². The average molecular weight is 421 g/mol. The summed E-state index contributed by atoms with van der Waals surface area (Å²) in [5, 5.41) is 15.0. The van der Waals surface area contributed by atoms with Crippen molar-refractivity contribution < 1.29 is 14.6 Å². The predicted octanol–water partition coefficient (Wildman–Crippen LogP) is 4.54. The van der Waals surface area contributed by atoms with E-state index in [0.717, 1.165) is 43.3 Å². The number of allylic oxidation sites excluding steroid dienone is 2. The Hall–Kier alpha value is -1.30. The predicted molar refractivity (Wildman–Crippen MR) is 124 cm³/mol. The third-order valence-electron chi connectivity index (χ3n) is 6.04. The summed E-state index contributed by atoms with van der Waals surface area (Å²) < 4.78 is 11.2. The second-order valence-electron chi connectivity index (χ2n) is 8.51. The van der Waals surface area contributed by atoms with Gasteiger partial charge in [-0.3, -0.25) is 0 Å². The first-order valence-electron chi connectivity index (χ1n) is 12.1. The molecule has 1 fully saturated rings. The Labute approximate surface area is 184 Å². The fourth-order valence-corrected chi connectivity index (χ4v) is 4.25. The molecular weight excluding hydrogens is 376 g/mol. The molecule has 0 saturated carbocycles. The van der Waals surface area contributed by atoms with Gasteiger partial charge in [0.25, 0.3) is 0 Å². The minimum atomic E-state index is -0.576. The molecule has 0 aromatic rings. The highest BCUT2D eigenvalue weighted by atomic mass is 16.5. The van der Waals surface area contributed by atoms with E-state index in [0.29, 0.717) is 13.0 Å². The first kappa shape index (κ1) is 25.0. The molecule has 1 aliphatic carbocycles. The molecule has 0 unspecified atom stereocenters. The summed E-state index contributed by atoms with van der Waals surface area (Å²) >= 11 is 0. The topological polar surface area (TPSA) is 54.0 Å². The van der Waals surface area contributed by atoms with Crippen molar-refractivity contribution in [2.75, 3.05) is 39.9 Å². The van der Waals surface area contributed by atoms with Crippen molar-refractivity contribution in [2.45, 2.75) is 83.8 Å². The van der Waals surface area contributed by atoms with Crippen LogP contribution >= 0.6 is 0 Å². The Morgan fingerprint density at radius 1 is 1.03 bits per heavy atom. The minimum absolute atomic E-state index is 0.0152. The van der Waals surface area contributed by atoms with E-state index in [-0.39, 0.29) is 6.04 Å². The fourth-order valence-electron chi connectivity index (χ4n) is 4.25. The SMILES string of the molecule is CCCCCCCCN[C@H](CN1CCCC1)[C@H](O)C1=CC=C(OCC)CC(OC)=C1. The Morgan fingerprint density at radius 2 is 1.77 bits per heavy atom. The Balaban J connectivity index is 1.99. The molecule has 2 rings (SSSR count). The van der Waals surface area contributed by atoms with Crippen molar-refractivity contribution in [1.29, 1.82) is 0 Å². The van der Waals surface area contributed by atoms with Gasteiger partial charge in [0.15, 0.2) is 0 Å². The summed E-state index contributed by atoms with van der Waals surface area (Å²) in [6.45, 7) is 8.97. The summed E-state index contributed by atoms with van der Waals surface area (Å²) in [4.78, 5) is 2.47. The molecule has 0 bridgehead atoms. The highest BCUT2D eigenvalue weighted by Gasteiger charge is 2.26. The molecule has 0 spiro atoms. The summed E-state index contributed by atoms with van der Waals surface area (Å²) in [5.41, 5.74) is 0.890. The van der Waals surface area contributed by atoms with E-state index in [2.05, 4.69) is 17.1 Å². The van der Waals surface area contributed by atoms with Gasteiger partial charge < -0.3 is 24.8 Å². The second-order valence-corrected chi connectivity index (χ2v) is 8.51. The van der Waals surface area contributed by atoms with Gasteiger partial charge in [0, 0.05) is 12.6 Å². The number of aliphatic hydroxyl groups is 1. The molecule has 2 atom stereocenters. The molecule has 0 aromatic heterocycles. The lowest BCUT2D eigenvalue weighted by molar-refractivity contribution is 0.136. The fraction of sp³-hybridized carbons (Fsp3) is 0.760. The minimum Gasteiger partial charge on any atom is -0.501 e. The summed E-state index contributed by atoms with van der Waals surface area (Å²) in [7, 11) is 1.68. The van der Waals surface area contributed by atoms with Gasteiger partial charge in [0.2, 0.25) is 0 Å². The number of unbranched alkanes of at least 4 members (excludes halogenated alkanes) is 5. The van der Waals surface area contributed by atoms with Crippen LogP contribution < -0.4 is 5.32 Å². The van der Waals surface area contributed by atoms with Gasteiger partial charge in [0.05, 0.1) is 26.2 Å². The van der Waals surface area contributed by atoms with Gasteiger partial charge in [-0.05, 0) is 63.5 Å². The van der Waals surface area contributed by atoms with Crippen molar-refractivity contribution in [3.05, 3.63) is 35.3 Å². The molecule has 0 amide bonds. The van der Waals surface area contributed by atoms with Crippen molar-refractivity contribution >= 4 is 0 Å². The van der Waals surface area contributed by atoms with E-state index < -0.39 is 6.10 Å². The number of aliphatic hydroxyl groups excluding tert-OH is 1. The lowest BCUT2D eigenvalue weighted by Gasteiger charge is -2.29. The van der Waals surface area contributed by atoms with Gasteiger partial charge in [-0.2, -0.15) is 0 Å². The number of nitrogens with zero attached hydrogens (tertiary/aromatic N) is 1. The van der Waals surface area contributed by atoms with Crippen molar-refractivity contribution in [3.63, 3.8) is 0 Å². The zero-order chi connectivity index (χ0) is 21.6. The maximum Gasteiger partial charge on any atom is 0.103 e. The molecule has 30 heavy (non-hydrogen) atoms. The third-order valence-corrected chi connectivity index (χ3v) is 6.04. The number of hydrogen-bond acceptors (Lipinski definition) is 5. The van der Waals surface area contributed by atoms with Gasteiger partial charge in [-0.25, -0.2) is 0 Å². The highest BCUT2D eigenvalue weighted by molar-refractivity contribution is 5.35. The molecule has 2 N–H and O–H groups in total. The monoisotopic (exact) mass is 420 g/mol. The quantitative estimate of drug-likeness (QED) is 0.381. The van der Waals surface area contributed by atoms with Gasteiger partial charge in [0.1, 0.15) is 11.5 Å². The molecule has 1 saturated heterocycles. The number of likely N-dealkylation sites (tertiary alicyclic amines) is 1. The molecule has 0 aromatic carbocycles. The Kier molecular flexibility index (Phi) is 12.2. The average Bonchev–Trinajstić information content (AvgIpc) is 3.18. The van der Waals surface area contributed by atoms with Gasteiger partial charge in [-0.15, -0.1) is 0 Å². The second kappa shape index (κ2) is 14.7. The number of nitrogens with one attached hydrogen (secondary N) is 1. The van der Waals surface area contributed by atoms with E-state index >= 15 is 0 Å². The van der Waals surface area contributed by atoms with Crippen LogP contribution in [0.2, 0.25) is 0 Å². The van der Waals surface area contributed by atoms with Crippen LogP contribution in [0.5, 0.6) is 0 Å². The summed E-state index contributed by atoms with van der Waals surface area (Å²) in [6, 6.07) is 0.0152. The maximum atomic E-state index is 11.3. The van der Waals surface area contributed by atoms with E-state index in [4.69, 9.17) is 9.47 Å². The third kappa shape index (κ3) is 8.83. The lowest BCUT2D eigenvalue weighted by atomic mass is 10.00. The molecule has 1 aliphatic heterocycles. The summed E-state index contributed by atoms with van der Waals surface area (Å²) in [5.74, 6) is 1.71. The van der Waals surface area contributed by atoms with Crippen LogP contribution in [0, 0.1) is 0 Å². The Morgan fingerprint density at radius 3 is 2.47 bits per heavy atom. The van der Waals surface area contributed by atoms with Crippen molar-refractivity contribution in [2.24, 2.45) is 0 Å². The first-order chi connectivity index (χ1) is 14.7.